The number of ether oxygens (including phenoxy) is 2. The molecule has 1 saturated carbocycles. The molecule has 2 atom stereocenters. The second kappa shape index (κ2) is 5.71. The van der Waals surface area contributed by atoms with Crippen molar-refractivity contribution in [2.24, 2.45) is 5.92 Å². The lowest BCUT2D eigenvalue weighted by Crippen LogP contribution is -2.43. The first-order valence-electron chi connectivity index (χ1n) is 7.09. The standard InChI is InChI=1S/C15H19NO4/c17-8-11-3-1-2-4-12(11)16-15(18)10-5-6-13-14(7-10)20-9-19-13/h5-7,11-12,17H,1-4,8-9H2,(H,16,18). The minimum atomic E-state index is -0.117. The number of carbonyl (C=O) groups is 1. The van der Waals surface area contributed by atoms with Crippen LogP contribution in [0, 0.1) is 5.92 Å². The van der Waals surface area contributed by atoms with E-state index in [9.17, 15) is 9.90 Å². The molecule has 0 saturated heterocycles. The van der Waals surface area contributed by atoms with E-state index in [4.69, 9.17) is 9.47 Å². The highest BCUT2D eigenvalue weighted by molar-refractivity contribution is 5.95. The molecule has 20 heavy (non-hydrogen) atoms. The fraction of sp³-hybridized carbons (Fsp3) is 0.533. The minimum Gasteiger partial charge on any atom is -0.454 e. The van der Waals surface area contributed by atoms with Crippen LogP contribution in [0.5, 0.6) is 11.5 Å². The number of rotatable bonds is 3. The molecule has 1 aromatic rings. The van der Waals surface area contributed by atoms with Crippen molar-refractivity contribution < 1.29 is 19.4 Å². The zero-order valence-corrected chi connectivity index (χ0v) is 11.3. The van der Waals surface area contributed by atoms with E-state index < -0.39 is 0 Å². The van der Waals surface area contributed by atoms with Crippen LogP contribution in [0.15, 0.2) is 18.2 Å². The number of fused-ring (bicyclic) bond motifs is 1. The predicted molar refractivity (Wildman–Crippen MR) is 72.9 cm³/mol. The third-order valence-corrected chi connectivity index (χ3v) is 4.09. The normalized spacial score (nSPS) is 24.4. The van der Waals surface area contributed by atoms with Gasteiger partial charge in [0.25, 0.3) is 5.91 Å². The van der Waals surface area contributed by atoms with Crippen molar-refractivity contribution in [1.29, 1.82) is 0 Å². The summed E-state index contributed by atoms with van der Waals surface area (Å²) in [5, 5.41) is 12.4. The predicted octanol–water partition coefficient (Wildman–Crippen LogP) is 1.70. The molecule has 1 heterocycles. The number of nitrogens with one attached hydrogen (secondary N) is 1. The molecule has 2 N–H and O–H groups in total. The maximum atomic E-state index is 12.3. The molecular weight excluding hydrogens is 258 g/mol. The molecule has 2 unspecified atom stereocenters. The van der Waals surface area contributed by atoms with Crippen LogP contribution in [0.25, 0.3) is 0 Å². The summed E-state index contributed by atoms with van der Waals surface area (Å²) in [5.41, 5.74) is 0.566. The van der Waals surface area contributed by atoms with Gasteiger partial charge in [0.2, 0.25) is 6.79 Å². The highest BCUT2D eigenvalue weighted by Crippen LogP contribution is 2.32. The molecule has 2 aliphatic rings. The number of aliphatic hydroxyl groups excluding tert-OH is 1. The second-order valence-electron chi connectivity index (χ2n) is 5.38. The van der Waals surface area contributed by atoms with Gasteiger partial charge in [-0.2, -0.15) is 0 Å². The van der Waals surface area contributed by atoms with Gasteiger partial charge in [0.15, 0.2) is 11.5 Å². The summed E-state index contributed by atoms with van der Waals surface area (Å²) < 4.78 is 10.5. The van der Waals surface area contributed by atoms with Crippen molar-refractivity contribution in [2.75, 3.05) is 13.4 Å². The molecule has 3 rings (SSSR count). The van der Waals surface area contributed by atoms with Gasteiger partial charge in [0.05, 0.1) is 0 Å². The first-order valence-corrected chi connectivity index (χ1v) is 7.09. The van der Waals surface area contributed by atoms with Crippen LogP contribution >= 0.6 is 0 Å². The summed E-state index contributed by atoms with van der Waals surface area (Å²) in [5.74, 6) is 1.34. The third kappa shape index (κ3) is 2.58. The van der Waals surface area contributed by atoms with Crippen LogP contribution in [-0.2, 0) is 0 Å². The van der Waals surface area contributed by atoms with Crippen molar-refractivity contribution in [3.05, 3.63) is 23.8 Å². The van der Waals surface area contributed by atoms with Crippen LogP contribution < -0.4 is 14.8 Å². The summed E-state index contributed by atoms with van der Waals surface area (Å²) in [6.07, 6.45) is 4.13. The highest BCUT2D eigenvalue weighted by atomic mass is 16.7. The maximum absolute atomic E-state index is 12.3. The number of hydrogen-bond acceptors (Lipinski definition) is 4. The Morgan fingerprint density at radius 1 is 1.25 bits per heavy atom. The number of amides is 1. The molecule has 0 spiro atoms. The van der Waals surface area contributed by atoms with Crippen molar-refractivity contribution in [3.63, 3.8) is 0 Å². The maximum Gasteiger partial charge on any atom is 0.251 e. The lowest BCUT2D eigenvalue weighted by molar-refractivity contribution is 0.0872. The van der Waals surface area contributed by atoms with Gasteiger partial charge in [0, 0.05) is 24.1 Å². The topological polar surface area (TPSA) is 67.8 Å². The number of carbonyl (C=O) groups excluding carboxylic acids is 1. The van der Waals surface area contributed by atoms with Gasteiger partial charge in [-0.25, -0.2) is 0 Å². The minimum absolute atomic E-state index is 0.0617. The van der Waals surface area contributed by atoms with Gasteiger partial charge in [-0.15, -0.1) is 0 Å². The van der Waals surface area contributed by atoms with Crippen molar-refractivity contribution in [1.82, 2.24) is 5.32 Å². The quantitative estimate of drug-likeness (QED) is 0.882. The summed E-state index contributed by atoms with van der Waals surface area (Å²) in [7, 11) is 0. The molecule has 0 bridgehead atoms. The average Bonchev–Trinajstić information content (AvgIpc) is 2.95. The Morgan fingerprint density at radius 3 is 2.90 bits per heavy atom. The molecule has 108 valence electrons. The van der Waals surface area contributed by atoms with Gasteiger partial charge in [-0.1, -0.05) is 12.8 Å². The summed E-state index contributed by atoms with van der Waals surface area (Å²) >= 11 is 0. The molecule has 1 fully saturated rings. The summed E-state index contributed by atoms with van der Waals surface area (Å²) in [4.78, 5) is 12.3. The third-order valence-electron chi connectivity index (χ3n) is 4.09. The van der Waals surface area contributed by atoms with Crippen molar-refractivity contribution >= 4 is 5.91 Å². The van der Waals surface area contributed by atoms with Crippen LogP contribution in [0.3, 0.4) is 0 Å². The van der Waals surface area contributed by atoms with E-state index in [1.807, 2.05) is 0 Å². The van der Waals surface area contributed by atoms with E-state index in [2.05, 4.69) is 5.32 Å². The molecule has 1 aliphatic carbocycles. The van der Waals surface area contributed by atoms with Crippen molar-refractivity contribution in [2.45, 2.75) is 31.7 Å². The molecule has 1 amide bonds. The van der Waals surface area contributed by atoms with E-state index in [0.29, 0.717) is 17.1 Å². The molecule has 1 aliphatic heterocycles. The fourth-order valence-electron chi connectivity index (χ4n) is 2.91. The smallest absolute Gasteiger partial charge is 0.251 e. The van der Waals surface area contributed by atoms with Gasteiger partial charge in [-0.05, 0) is 31.0 Å². The largest absolute Gasteiger partial charge is 0.454 e. The fourth-order valence-corrected chi connectivity index (χ4v) is 2.91. The molecule has 0 radical (unpaired) electrons. The molecule has 1 aromatic carbocycles. The first-order chi connectivity index (χ1) is 9.78. The lowest BCUT2D eigenvalue weighted by Gasteiger charge is -2.30. The van der Waals surface area contributed by atoms with E-state index in [1.165, 1.54) is 0 Å². The zero-order valence-electron chi connectivity index (χ0n) is 11.3. The Kier molecular flexibility index (Phi) is 3.78. The van der Waals surface area contributed by atoms with Crippen LogP contribution in [-0.4, -0.2) is 30.5 Å². The molecule has 5 nitrogen and oxygen atoms in total. The first kappa shape index (κ1) is 13.2. The zero-order chi connectivity index (χ0) is 13.9. The average molecular weight is 277 g/mol. The van der Waals surface area contributed by atoms with Crippen LogP contribution in [0.1, 0.15) is 36.0 Å². The highest BCUT2D eigenvalue weighted by Gasteiger charge is 2.26. The Bertz CT molecular complexity index is 503. The number of benzene rings is 1. The Morgan fingerprint density at radius 2 is 2.05 bits per heavy atom. The Hall–Kier alpha value is -1.75. The summed E-state index contributed by atoms with van der Waals surface area (Å²) in [6, 6.07) is 5.25. The second-order valence-corrected chi connectivity index (χ2v) is 5.38. The van der Waals surface area contributed by atoms with E-state index in [1.54, 1.807) is 18.2 Å². The molecule has 0 aromatic heterocycles. The monoisotopic (exact) mass is 277 g/mol. The van der Waals surface area contributed by atoms with Gasteiger partial charge >= 0.3 is 0 Å². The molecular formula is C15H19NO4. The van der Waals surface area contributed by atoms with E-state index in [0.717, 1.165) is 25.7 Å². The SMILES string of the molecule is O=C(NC1CCCCC1CO)c1ccc2c(c1)OCO2. The Balaban J connectivity index is 1.69. The summed E-state index contributed by atoms with van der Waals surface area (Å²) in [6.45, 7) is 0.335. The van der Waals surface area contributed by atoms with Gasteiger partial charge in [0.1, 0.15) is 0 Å². The van der Waals surface area contributed by atoms with Crippen LogP contribution in [0.2, 0.25) is 0 Å². The number of aliphatic hydroxyl groups is 1. The van der Waals surface area contributed by atoms with E-state index in [-0.39, 0.29) is 31.3 Å². The van der Waals surface area contributed by atoms with E-state index >= 15 is 0 Å². The Labute approximate surface area is 117 Å². The van der Waals surface area contributed by atoms with Crippen LogP contribution in [0.4, 0.5) is 0 Å². The van der Waals surface area contributed by atoms with Crippen molar-refractivity contribution in [3.8, 4) is 11.5 Å². The number of hydrogen-bond donors (Lipinski definition) is 2. The lowest BCUT2D eigenvalue weighted by atomic mass is 9.85. The van der Waals surface area contributed by atoms with Gasteiger partial charge < -0.3 is 19.9 Å². The molecule has 5 heteroatoms. The van der Waals surface area contributed by atoms with Gasteiger partial charge in [-0.3, -0.25) is 4.79 Å².